The van der Waals surface area contributed by atoms with Crippen LogP contribution in [0.5, 0.6) is 11.5 Å². The molecule has 2 heterocycles. The van der Waals surface area contributed by atoms with Gasteiger partial charge in [0.1, 0.15) is 23.1 Å². The number of benzene rings is 2. The maximum absolute atomic E-state index is 12.6. The molecule has 0 bridgehead atoms. The second-order valence-corrected chi connectivity index (χ2v) is 7.52. The van der Waals surface area contributed by atoms with Gasteiger partial charge in [-0.1, -0.05) is 29.8 Å². The Morgan fingerprint density at radius 3 is 2.12 bits per heavy atom. The van der Waals surface area contributed by atoms with Gasteiger partial charge in [0.25, 0.3) is 0 Å². The van der Waals surface area contributed by atoms with E-state index in [0.29, 0.717) is 33.8 Å². The second-order valence-electron chi connectivity index (χ2n) is 7.12. The number of nitrogens with zero attached hydrogens (tertiary/aromatic N) is 2. The minimum atomic E-state index is -0.495. The minimum Gasteiger partial charge on any atom is -0.495 e. The number of ether oxygens (including phenoxy) is 2. The van der Waals surface area contributed by atoms with Crippen molar-refractivity contribution in [1.82, 2.24) is 9.97 Å². The van der Waals surface area contributed by atoms with Gasteiger partial charge >= 0.3 is 6.03 Å². The second kappa shape index (κ2) is 10.5. The monoisotopic (exact) mass is 475 g/mol. The quantitative estimate of drug-likeness (QED) is 0.294. The van der Waals surface area contributed by atoms with Gasteiger partial charge in [0.2, 0.25) is 0 Å². The highest BCUT2D eigenvalue weighted by atomic mass is 35.5. The van der Waals surface area contributed by atoms with Gasteiger partial charge in [-0.15, -0.1) is 0 Å². The Hall–Kier alpha value is -4.30. The molecule has 4 rings (SSSR count). The Labute approximate surface area is 201 Å². The van der Waals surface area contributed by atoms with Gasteiger partial charge in [-0.3, -0.25) is 5.32 Å². The van der Waals surface area contributed by atoms with Crippen molar-refractivity contribution in [3.05, 3.63) is 84.1 Å². The zero-order valence-electron chi connectivity index (χ0n) is 18.5. The van der Waals surface area contributed by atoms with Gasteiger partial charge in [0.15, 0.2) is 0 Å². The van der Waals surface area contributed by atoms with Gasteiger partial charge < -0.3 is 20.1 Å². The SMILES string of the molecule is COc1cc(OC)c(NC(=O)Nc2cc(-c3ccnc(Nc4ccccc4)c3)ccn2)cc1Cl. The standard InChI is InChI=1S/C25H22ClN5O3/c1-33-21-15-22(34-2)20(14-19(21)26)30-25(32)31-24-13-17(9-11-28-24)16-8-10-27-23(12-16)29-18-6-4-3-5-7-18/h3-15H,1-2H3,(H,27,29)(H2,28,30,31,32). The third-order valence-corrected chi connectivity index (χ3v) is 5.16. The van der Waals surface area contributed by atoms with E-state index >= 15 is 0 Å². The fourth-order valence-electron chi connectivity index (χ4n) is 3.25. The first-order valence-electron chi connectivity index (χ1n) is 10.3. The number of pyridine rings is 2. The van der Waals surface area contributed by atoms with Gasteiger partial charge in [0, 0.05) is 24.1 Å². The Kier molecular flexibility index (Phi) is 7.10. The smallest absolute Gasteiger partial charge is 0.324 e. The number of hydrogen-bond acceptors (Lipinski definition) is 6. The molecular weight excluding hydrogens is 454 g/mol. The van der Waals surface area contributed by atoms with Crippen molar-refractivity contribution in [3.63, 3.8) is 0 Å². The highest BCUT2D eigenvalue weighted by molar-refractivity contribution is 6.32. The average molecular weight is 476 g/mol. The van der Waals surface area contributed by atoms with Crippen LogP contribution in [0.25, 0.3) is 11.1 Å². The van der Waals surface area contributed by atoms with Gasteiger partial charge in [-0.2, -0.15) is 0 Å². The number of methoxy groups -OCH3 is 2. The molecule has 0 saturated carbocycles. The highest BCUT2D eigenvalue weighted by Crippen LogP contribution is 2.36. The van der Waals surface area contributed by atoms with Crippen LogP contribution < -0.4 is 25.4 Å². The van der Waals surface area contributed by atoms with Crippen LogP contribution in [0.15, 0.2) is 79.1 Å². The van der Waals surface area contributed by atoms with Gasteiger partial charge in [-0.25, -0.2) is 14.8 Å². The van der Waals surface area contributed by atoms with Crippen LogP contribution in [0.1, 0.15) is 0 Å². The Balaban J connectivity index is 1.49. The van der Waals surface area contributed by atoms with Crippen molar-refractivity contribution in [2.75, 3.05) is 30.2 Å². The lowest BCUT2D eigenvalue weighted by Gasteiger charge is -2.14. The number of anilines is 4. The largest absolute Gasteiger partial charge is 0.495 e. The molecule has 2 amide bonds. The highest BCUT2D eigenvalue weighted by Gasteiger charge is 2.13. The predicted molar refractivity (Wildman–Crippen MR) is 134 cm³/mol. The summed E-state index contributed by atoms with van der Waals surface area (Å²) in [6.07, 6.45) is 3.35. The van der Waals surface area contributed by atoms with Crippen LogP contribution in [-0.2, 0) is 0 Å². The molecule has 0 spiro atoms. The minimum absolute atomic E-state index is 0.344. The summed E-state index contributed by atoms with van der Waals surface area (Å²) in [6, 6.07) is 19.9. The van der Waals surface area contributed by atoms with E-state index in [0.717, 1.165) is 16.8 Å². The normalized spacial score (nSPS) is 10.3. The predicted octanol–water partition coefficient (Wildman–Crippen LogP) is 6.20. The summed E-state index contributed by atoms with van der Waals surface area (Å²) in [4.78, 5) is 21.2. The Bertz CT molecular complexity index is 1300. The van der Waals surface area contributed by atoms with Crippen LogP contribution in [0.2, 0.25) is 5.02 Å². The molecular formula is C25H22ClN5O3. The van der Waals surface area contributed by atoms with E-state index in [-0.39, 0.29) is 0 Å². The summed E-state index contributed by atoms with van der Waals surface area (Å²) in [5.74, 6) is 1.94. The number of aromatic nitrogens is 2. The number of carbonyl (C=O) groups is 1. The molecule has 0 saturated heterocycles. The fourth-order valence-corrected chi connectivity index (χ4v) is 3.49. The molecule has 0 fully saturated rings. The fraction of sp³-hybridized carbons (Fsp3) is 0.0800. The third kappa shape index (κ3) is 5.54. The van der Waals surface area contributed by atoms with E-state index in [2.05, 4.69) is 25.9 Å². The lowest BCUT2D eigenvalue weighted by molar-refractivity contribution is 0.262. The first-order valence-corrected chi connectivity index (χ1v) is 10.7. The van der Waals surface area contributed by atoms with Gasteiger partial charge in [0.05, 0.1) is 24.9 Å². The van der Waals surface area contributed by atoms with E-state index in [1.54, 1.807) is 30.6 Å². The number of halogens is 1. The van der Waals surface area contributed by atoms with Crippen molar-refractivity contribution in [1.29, 1.82) is 0 Å². The van der Waals surface area contributed by atoms with Crippen molar-refractivity contribution in [2.24, 2.45) is 0 Å². The van der Waals surface area contributed by atoms with Crippen molar-refractivity contribution < 1.29 is 14.3 Å². The number of amides is 2. The number of nitrogens with one attached hydrogen (secondary N) is 3. The zero-order chi connectivity index (χ0) is 23.9. The maximum atomic E-state index is 12.6. The van der Waals surface area contributed by atoms with Crippen LogP contribution in [-0.4, -0.2) is 30.2 Å². The molecule has 0 aliphatic rings. The topological polar surface area (TPSA) is 97.4 Å². The molecule has 9 heteroatoms. The molecule has 0 aliphatic heterocycles. The van der Waals surface area contributed by atoms with Crippen LogP contribution in [0.4, 0.5) is 27.8 Å². The number of rotatable bonds is 7. The molecule has 172 valence electrons. The third-order valence-electron chi connectivity index (χ3n) is 4.86. The first-order chi connectivity index (χ1) is 16.6. The van der Waals surface area contributed by atoms with E-state index in [9.17, 15) is 4.79 Å². The van der Waals surface area contributed by atoms with Crippen molar-refractivity contribution in [2.45, 2.75) is 0 Å². The van der Waals surface area contributed by atoms with Crippen LogP contribution >= 0.6 is 11.6 Å². The number of hydrogen-bond donors (Lipinski definition) is 3. The van der Waals surface area contributed by atoms with Crippen molar-refractivity contribution in [3.8, 4) is 22.6 Å². The molecule has 2 aromatic heterocycles. The molecule has 0 unspecified atom stereocenters. The molecule has 8 nitrogen and oxygen atoms in total. The molecule has 0 aliphatic carbocycles. The zero-order valence-corrected chi connectivity index (χ0v) is 19.3. The van der Waals surface area contributed by atoms with E-state index in [4.69, 9.17) is 21.1 Å². The molecule has 0 atom stereocenters. The summed E-state index contributed by atoms with van der Waals surface area (Å²) < 4.78 is 10.5. The summed E-state index contributed by atoms with van der Waals surface area (Å²) in [5, 5.41) is 9.07. The Morgan fingerprint density at radius 1 is 0.794 bits per heavy atom. The van der Waals surface area contributed by atoms with Gasteiger partial charge in [-0.05, 0) is 53.6 Å². The van der Waals surface area contributed by atoms with E-state index in [1.807, 2.05) is 48.5 Å². The van der Waals surface area contributed by atoms with E-state index in [1.165, 1.54) is 14.2 Å². The summed E-state index contributed by atoms with van der Waals surface area (Å²) >= 11 is 6.18. The molecule has 0 radical (unpaired) electrons. The number of urea groups is 1. The Morgan fingerprint density at radius 2 is 1.44 bits per heavy atom. The molecule has 2 aromatic carbocycles. The van der Waals surface area contributed by atoms with E-state index < -0.39 is 6.03 Å². The van der Waals surface area contributed by atoms with Crippen molar-refractivity contribution >= 4 is 40.6 Å². The molecule has 34 heavy (non-hydrogen) atoms. The maximum Gasteiger partial charge on any atom is 0.324 e. The number of para-hydroxylation sites is 1. The summed E-state index contributed by atoms with van der Waals surface area (Å²) in [6.45, 7) is 0. The lowest BCUT2D eigenvalue weighted by atomic mass is 10.1. The summed E-state index contributed by atoms with van der Waals surface area (Å²) in [5.41, 5.74) is 3.12. The lowest BCUT2D eigenvalue weighted by Crippen LogP contribution is -2.20. The summed E-state index contributed by atoms with van der Waals surface area (Å²) in [7, 11) is 3.00. The van der Waals surface area contributed by atoms with Crippen LogP contribution in [0.3, 0.4) is 0 Å². The number of carbonyl (C=O) groups excluding carboxylic acids is 1. The van der Waals surface area contributed by atoms with Crippen LogP contribution in [0, 0.1) is 0 Å². The molecule has 4 aromatic rings. The first kappa shape index (κ1) is 22.9. The average Bonchev–Trinajstić information content (AvgIpc) is 2.85. The molecule has 3 N–H and O–H groups in total.